The summed E-state index contributed by atoms with van der Waals surface area (Å²) in [7, 11) is 1.42. The van der Waals surface area contributed by atoms with Crippen LogP contribution in [-0.4, -0.2) is 12.0 Å². The quantitative estimate of drug-likeness (QED) is 0.548. The monoisotopic (exact) mass is 194 g/mol. The second kappa shape index (κ2) is 4.09. The lowest BCUT2D eigenvalue weighted by Gasteiger charge is -2.07. The molecule has 0 aromatic heterocycles. The third-order valence-corrected chi connectivity index (χ3v) is 1.97. The van der Waals surface area contributed by atoms with Gasteiger partial charge in [0, 0.05) is 6.07 Å². The van der Waals surface area contributed by atoms with Gasteiger partial charge in [-0.2, -0.15) is 0 Å². The number of nitrogens with zero attached hydrogens (tertiary/aromatic N) is 1. The van der Waals surface area contributed by atoms with E-state index in [0.29, 0.717) is 0 Å². The highest BCUT2D eigenvalue weighted by atomic mass is 16.6. The number of rotatable bonds is 3. The highest BCUT2D eigenvalue weighted by molar-refractivity contribution is 5.49. The van der Waals surface area contributed by atoms with Crippen molar-refractivity contribution < 1.29 is 9.66 Å². The van der Waals surface area contributed by atoms with Gasteiger partial charge < -0.3 is 4.74 Å². The Morgan fingerprint density at radius 3 is 2.64 bits per heavy atom. The van der Waals surface area contributed by atoms with Crippen LogP contribution >= 0.6 is 0 Å². The van der Waals surface area contributed by atoms with Crippen molar-refractivity contribution in [2.45, 2.75) is 12.8 Å². The molecule has 1 rings (SSSR count). The highest BCUT2D eigenvalue weighted by Gasteiger charge is 2.15. The van der Waals surface area contributed by atoms with E-state index in [1.54, 1.807) is 12.1 Å². The van der Waals surface area contributed by atoms with Crippen LogP contribution in [0.15, 0.2) is 18.2 Å². The molecule has 0 fully saturated rings. The van der Waals surface area contributed by atoms with Crippen molar-refractivity contribution in [3.63, 3.8) is 0 Å². The Kier molecular flexibility index (Phi) is 3.06. The maximum Gasteiger partial charge on any atom is 0.310 e. The molecule has 1 aromatic rings. The molecule has 1 aromatic carbocycles. The van der Waals surface area contributed by atoms with Gasteiger partial charge in [-0.05, 0) is 24.5 Å². The van der Waals surface area contributed by atoms with Crippen LogP contribution in [0.5, 0.6) is 5.75 Å². The number of nitro benzene ring substituents is 1. The van der Waals surface area contributed by atoms with Gasteiger partial charge in [-0.1, -0.05) is 13.0 Å². The molecule has 0 saturated heterocycles. The summed E-state index contributed by atoms with van der Waals surface area (Å²) in [5.41, 5.74) is 0.907. The molecule has 0 bridgehead atoms. The first-order valence-electron chi connectivity index (χ1n) is 4.21. The lowest BCUT2D eigenvalue weighted by molar-refractivity contribution is -0.385. The molecule has 4 nitrogen and oxygen atoms in total. The fraction of sp³-hybridized carbons (Fsp3) is 0.300. The number of nitro groups is 1. The van der Waals surface area contributed by atoms with Crippen molar-refractivity contribution in [2.75, 3.05) is 7.11 Å². The summed E-state index contributed by atoms with van der Waals surface area (Å²) >= 11 is 0. The van der Waals surface area contributed by atoms with E-state index in [0.717, 1.165) is 5.56 Å². The highest BCUT2D eigenvalue weighted by Crippen LogP contribution is 2.29. The molecular formula is C10H12NO3. The van der Waals surface area contributed by atoms with Gasteiger partial charge in [0.05, 0.1) is 12.0 Å². The lowest BCUT2D eigenvalue weighted by atomic mass is 10.0. The van der Waals surface area contributed by atoms with Gasteiger partial charge in [0.15, 0.2) is 5.75 Å². The second-order valence-electron chi connectivity index (χ2n) is 3.09. The Hall–Kier alpha value is -1.58. The van der Waals surface area contributed by atoms with Crippen LogP contribution in [0.3, 0.4) is 0 Å². The molecule has 0 saturated carbocycles. The van der Waals surface area contributed by atoms with Crippen molar-refractivity contribution >= 4 is 5.69 Å². The van der Waals surface area contributed by atoms with Crippen LogP contribution in [0.4, 0.5) is 5.69 Å². The molecule has 0 spiro atoms. The molecule has 0 amide bonds. The molecule has 75 valence electrons. The molecule has 0 N–H and O–H groups in total. The van der Waals surface area contributed by atoms with E-state index in [1.165, 1.54) is 13.2 Å². The van der Waals surface area contributed by atoms with Crippen molar-refractivity contribution in [3.8, 4) is 5.75 Å². The van der Waals surface area contributed by atoms with Gasteiger partial charge >= 0.3 is 5.69 Å². The summed E-state index contributed by atoms with van der Waals surface area (Å²) in [6, 6.07) is 4.78. The molecular weight excluding hydrogens is 182 g/mol. The van der Waals surface area contributed by atoms with E-state index >= 15 is 0 Å². The molecule has 1 unspecified atom stereocenters. The fourth-order valence-electron chi connectivity index (χ4n) is 1.15. The smallest absolute Gasteiger partial charge is 0.310 e. The predicted octanol–water partition coefficient (Wildman–Crippen LogP) is 2.54. The molecule has 14 heavy (non-hydrogen) atoms. The van der Waals surface area contributed by atoms with Crippen molar-refractivity contribution in [3.05, 3.63) is 40.8 Å². The third kappa shape index (κ3) is 2.02. The predicted molar refractivity (Wildman–Crippen MR) is 53.4 cm³/mol. The minimum atomic E-state index is -0.462. The number of methoxy groups -OCH3 is 1. The van der Waals surface area contributed by atoms with Gasteiger partial charge in [-0.15, -0.1) is 0 Å². The first-order valence-corrected chi connectivity index (χ1v) is 4.21. The van der Waals surface area contributed by atoms with E-state index in [-0.39, 0.29) is 17.4 Å². The average Bonchev–Trinajstić information content (AvgIpc) is 2.16. The summed E-state index contributed by atoms with van der Waals surface area (Å²) in [6.45, 7) is 5.75. The number of benzene rings is 1. The first kappa shape index (κ1) is 10.5. The lowest BCUT2D eigenvalue weighted by Crippen LogP contribution is -1.96. The number of ether oxygens (including phenoxy) is 1. The van der Waals surface area contributed by atoms with Crippen LogP contribution in [0.2, 0.25) is 0 Å². The van der Waals surface area contributed by atoms with Crippen LogP contribution in [-0.2, 0) is 0 Å². The summed E-state index contributed by atoms with van der Waals surface area (Å²) in [5, 5.41) is 10.6. The van der Waals surface area contributed by atoms with Gasteiger partial charge in [-0.25, -0.2) is 0 Å². The molecule has 1 radical (unpaired) electrons. The van der Waals surface area contributed by atoms with E-state index in [1.807, 2.05) is 6.92 Å². The Bertz CT molecular complexity index is 347. The molecule has 0 aliphatic heterocycles. The van der Waals surface area contributed by atoms with Crippen LogP contribution in [0.1, 0.15) is 18.4 Å². The minimum Gasteiger partial charge on any atom is -0.490 e. The zero-order valence-corrected chi connectivity index (χ0v) is 8.19. The van der Waals surface area contributed by atoms with Gasteiger partial charge in [0.25, 0.3) is 0 Å². The maximum absolute atomic E-state index is 10.6. The van der Waals surface area contributed by atoms with Gasteiger partial charge in [0.1, 0.15) is 0 Å². The van der Waals surface area contributed by atoms with Crippen LogP contribution in [0.25, 0.3) is 0 Å². The maximum atomic E-state index is 10.6. The third-order valence-electron chi connectivity index (χ3n) is 1.97. The zero-order chi connectivity index (χ0) is 10.7. The molecule has 0 aliphatic carbocycles. The minimum absolute atomic E-state index is 0.0168. The summed E-state index contributed by atoms with van der Waals surface area (Å²) in [4.78, 5) is 10.1. The fourth-order valence-corrected chi connectivity index (χ4v) is 1.15. The largest absolute Gasteiger partial charge is 0.490 e. The van der Waals surface area contributed by atoms with Crippen LogP contribution in [0, 0.1) is 17.0 Å². The Balaban J connectivity index is 3.18. The van der Waals surface area contributed by atoms with Gasteiger partial charge in [0.2, 0.25) is 0 Å². The van der Waals surface area contributed by atoms with Crippen molar-refractivity contribution in [2.24, 2.45) is 0 Å². The van der Waals surface area contributed by atoms with E-state index in [9.17, 15) is 10.1 Å². The number of hydrogen-bond acceptors (Lipinski definition) is 3. The Morgan fingerprint density at radius 1 is 1.57 bits per heavy atom. The molecule has 4 heteroatoms. The SMILES string of the molecule is [CH2]C(C)c1ccc([N+](=O)[O-])c(OC)c1. The average molecular weight is 194 g/mol. The topological polar surface area (TPSA) is 52.4 Å². The molecule has 0 heterocycles. The van der Waals surface area contributed by atoms with Crippen molar-refractivity contribution in [1.29, 1.82) is 0 Å². The van der Waals surface area contributed by atoms with E-state index < -0.39 is 4.92 Å². The summed E-state index contributed by atoms with van der Waals surface area (Å²) in [5.74, 6) is 0.368. The standard InChI is InChI=1S/C10H12NO3/c1-7(2)8-4-5-9(11(12)13)10(6-8)14-3/h4-7H,1H2,2-3H3. The zero-order valence-electron chi connectivity index (χ0n) is 8.19. The van der Waals surface area contributed by atoms with E-state index in [4.69, 9.17) is 4.74 Å². The van der Waals surface area contributed by atoms with Crippen molar-refractivity contribution in [1.82, 2.24) is 0 Å². The number of hydrogen-bond donors (Lipinski definition) is 0. The summed E-state index contributed by atoms with van der Waals surface area (Å²) < 4.78 is 4.93. The normalized spacial score (nSPS) is 10.3. The second-order valence-corrected chi connectivity index (χ2v) is 3.09. The molecule has 0 aliphatic rings. The summed E-state index contributed by atoms with van der Waals surface area (Å²) in [6.07, 6.45) is 0. The molecule has 1 atom stereocenters. The van der Waals surface area contributed by atoms with Gasteiger partial charge in [-0.3, -0.25) is 10.1 Å². The Morgan fingerprint density at radius 2 is 2.21 bits per heavy atom. The Labute approximate surface area is 82.7 Å². The van der Waals surface area contributed by atoms with E-state index in [2.05, 4.69) is 6.92 Å². The first-order chi connectivity index (χ1) is 6.56. The van der Waals surface area contributed by atoms with Crippen LogP contribution < -0.4 is 4.74 Å².